The Morgan fingerprint density at radius 2 is 1.86 bits per heavy atom. The van der Waals surface area contributed by atoms with Gasteiger partial charge in [0.15, 0.2) is 0 Å². The molecule has 1 saturated heterocycles. The van der Waals surface area contributed by atoms with Crippen LogP contribution in [0.3, 0.4) is 0 Å². The van der Waals surface area contributed by atoms with E-state index in [1.165, 1.54) is 0 Å². The van der Waals surface area contributed by atoms with E-state index < -0.39 is 0 Å². The molecule has 0 bridgehead atoms. The Labute approximate surface area is 216 Å². The van der Waals surface area contributed by atoms with Gasteiger partial charge in [-0.25, -0.2) is 4.98 Å². The topological polar surface area (TPSA) is 78.7 Å². The largest absolute Gasteiger partial charge is 0.497 e. The van der Waals surface area contributed by atoms with E-state index in [4.69, 9.17) is 26.3 Å². The number of aromatic nitrogens is 1. The lowest BCUT2D eigenvalue weighted by Gasteiger charge is -2.36. The van der Waals surface area contributed by atoms with Crippen LogP contribution in [0.25, 0.3) is 0 Å². The third kappa shape index (κ3) is 6.61. The molecule has 0 radical (unpaired) electrons. The highest BCUT2D eigenvalue weighted by atomic mass is 35.5. The van der Waals surface area contributed by atoms with Crippen molar-refractivity contribution in [2.75, 3.05) is 39.8 Å². The number of amides is 1. The molecule has 1 atom stereocenters. The first-order valence-electron chi connectivity index (χ1n) is 11.9. The SMILES string of the molecule is COc1cccc([C@@H](CN2CCN(C(=O)c3cc(C)nc(Cl)c3)CC2)OCc2ccc(C#N)cc2)c1. The van der Waals surface area contributed by atoms with Crippen LogP contribution in [0.2, 0.25) is 5.15 Å². The molecule has 2 aromatic carbocycles. The van der Waals surface area contributed by atoms with Gasteiger partial charge in [-0.2, -0.15) is 5.26 Å². The highest BCUT2D eigenvalue weighted by Crippen LogP contribution is 2.25. The molecule has 8 heteroatoms. The van der Waals surface area contributed by atoms with Gasteiger partial charge in [-0.05, 0) is 54.4 Å². The standard InChI is InChI=1S/C28H29ClN4O3/c1-20-14-24(16-27(29)31-20)28(34)33-12-10-32(11-13-33)18-26(23-4-3-5-25(15-23)35-2)36-19-22-8-6-21(17-30)7-9-22/h3-9,14-16,26H,10-13,18-19H2,1-2H3/t26-/m1/s1. The van der Waals surface area contributed by atoms with Gasteiger partial charge in [0.1, 0.15) is 10.9 Å². The average Bonchev–Trinajstić information content (AvgIpc) is 2.90. The highest BCUT2D eigenvalue weighted by molar-refractivity contribution is 6.29. The predicted molar refractivity (Wildman–Crippen MR) is 138 cm³/mol. The van der Waals surface area contributed by atoms with E-state index >= 15 is 0 Å². The van der Waals surface area contributed by atoms with Crippen LogP contribution in [-0.2, 0) is 11.3 Å². The number of carbonyl (C=O) groups is 1. The second kappa shape index (κ2) is 12.0. The summed E-state index contributed by atoms with van der Waals surface area (Å²) in [6, 6.07) is 20.9. The predicted octanol–water partition coefficient (Wildman–Crippen LogP) is 4.64. The fourth-order valence-corrected chi connectivity index (χ4v) is 4.52. The Morgan fingerprint density at radius 1 is 1.11 bits per heavy atom. The average molecular weight is 505 g/mol. The summed E-state index contributed by atoms with van der Waals surface area (Å²) in [6.45, 7) is 5.67. The van der Waals surface area contributed by atoms with E-state index in [0.29, 0.717) is 42.5 Å². The zero-order valence-corrected chi connectivity index (χ0v) is 21.2. The van der Waals surface area contributed by atoms with Crippen molar-refractivity contribution in [3.8, 4) is 11.8 Å². The minimum atomic E-state index is -0.181. The van der Waals surface area contributed by atoms with Gasteiger partial charge < -0.3 is 14.4 Å². The summed E-state index contributed by atoms with van der Waals surface area (Å²) in [7, 11) is 1.65. The van der Waals surface area contributed by atoms with Gasteiger partial charge in [0.05, 0.1) is 31.5 Å². The molecule has 0 saturated carbocycles. The Hall–Kier alpha value is -3.44. The smallest absolute Gasteiger partial charge is 0.254 e. The second-order valence-electron chi connectivity index (χ2n) is 8.80. The number of methoxy groups -OCH3 is 1. The quantitative estimate of drug-likeness (QED) is 0.416. The van der Waals surface area contributed by atoms with Crippen molar-refractivity contribution in [1.82, 2.24) is 14.8 Å². The summed E-state index contributed by atoms with van der Waals surface area (Å²) in [6.07, 6.45) is -0.181. The minimum Gasteiger partial charge on any atom is -0.497 e. The van der Waals surface area contributed by atoms with Crippen LogP contribution in [0.1, 0.15) is 38.8 Å². The van der Waals surface area contributed by atoms with Crippen molar-refractivity contribution in [2.24, 2.45) is 0 Å². The molecule has 36 heavy (non-hydrogen) atoms. The van der Waals surface area contributed by atoms with Gasteiger partial charge in [-0.3, -0.25) is 9.69 Å². The number of carbonyl (C=O) groups excluding carboxylic acids is 1. The Kier molecular flexibility index (Phi) is 8.55. The lowest BCUT2D eigenvalue weighted by molar-refractivity contribution is 0.00333. The number of nitriles is 1. The molecule has 7 nitrogen and oxygen atoms in total. The monoisotopic (exact) mass is 504 g/mol. The first-order chi connectivity index (χ1) is 17.4. The number of ether oxygens (including phenoxy) is 2. The van der Waals surface area contributed by atoms with E-state index in [9.17, 15) is 4.79 Å². The number of benzene rings is 2. The Balaban J connectivity index is 1.41. The normalized spacial score (nSPS) is 14.8. The van der Waals surface area contributed by atoms with Gasteiger partial charge in [0, 0.05) is 44.0 Å². The Bertz CT molecular complexity index is 1210. The van der Waals surface area contributed by atoms with Gasteiger partial charge in [-0.1, -0.05) is 35.9 Å². The number of aryl methyl sites for hydroxylation is 1. The fourth-order valence-electron chi connectivity index (χ4n) is 4.27. The zero-order valence-electron chi connectivity index (χ0n) is 20.5. The summed E-state index contributed by atoms with van der Waals surface area (Å²) >= 11 is 6.06. The van der Waals surface area contributed by atoms with Crippen LogP contribution in [0.5, 0.6) is 5.75 Å². The van der Waals surface area contributed by atoms with Gasteiger partial charge >= 0.3 is 0 Å². The van der Waals surface area contributed by atoms with Crippen molar-refractivity contribution < 1.29 is 14.3 Å². The maximum atomic E-state index is 13.0. The molecular weight excluding hydrogens is 476 g/mol. The van der Waals surface area contributed by atoms with Crippen molar-refractivity contribution in [1.29, 1.82) is 5.26 Å². The molecule has 1 aliphatic rings. The summed E-state index contributed by atoms with van der Waals surface area (Å²) in [5, 5.41) is 9.37. The maximum Gasteiger partial charge on any atom is 0.254 e. The van der Waals surface area contributed by atoms with Crippen LogP contribution in [0.4, 0.5) is 0 Å². The first kappa shape index (κ1) is 25.6. The maximum absolute atomic E-state index is 13.0. The number of piperazine rings is 1. The van der Waals surface area contributed by atoms with Crippen molar-refractivity contribution in [3.63, 3.8) is 0 Å². The van der Waals surface area contributed by atoms with Gasteiger partial charge in [0.25, 0.3) is 5.91 Å². The molecule has 0 spiro atoms. The summed E-state index contributed by atoms with van der Waals surface area (Å²) in [4.78, 5) is 21.3. The second-order valence-corrected chi connectivity index (χ2v) is 9.18. The van der Waals surface area contributed by atoms with E-state index in [1.54, 1.807) is 31.4 Å². The number of nitrogens with zero attached hydrogens (tertiary/aromatic N) is 4. The van der Waals surface area contributed by atoms with Gasteiger partial charge in [0.2, 0.25) is 0 Å². The number of pyridine rings is 1. The minimum absolute atomic E-state index is 0.0246. The molecule has 186 valence electrons. The van der Waals surface area contributed by atoms with E-state index in [1.807, 2.05) is 48.2 Å². The molecule has 2 heterocycles. The van der Waals surface area contributed by atoms with Gasteiger partial charge in [-0.15, -0.1) is 0 Å². The third-order valence-corrected chi connectivity index (χ3v) is 6.45. The number of hydrogen-bond acceptors (Lipinski definition) is 6. The van der Waals surface area contributed by atoms with Crippen molar-refractivity contribution in [2.45, 2.75) is 19.6 Å². The van der Waals surface area contributed by atoms with E-state index in [-0.39, 0.29) is 12.0 Å². The lowest BCUT2D eigenvalue weighted by Crippen LogP contribution is -2.49. The Morgan fingerprint density at radius 3 is 2.53 bits per heavy atom. The zero-order chi connectivity index (χ0) is 25.5. The lowest BCUT2D eigenvalue weighted by atomic mass is 10.1. The highest BCUT2D eigenvalue weighted by Gasteiger charge is 2.25. The van der Waals surface area contributed by atoms with Crippen LogP contribution in [-0.4, -0.2) is 60.5 Å². The molecule has 1 amide bonds. The van der Waals surface area contributed by atoms with Crippen LogP contribution in [0, 0.1) is 18.3 Å². The van der Waals surface area contributed by atoms with E-state index in [0.717, 1.165) is 35.7 Å². The molecule has 1 aliphatic heterocycles. The summed E-state index contributed by atoms with van der Waals surface area (Å²) in [5.74, 6) is 0.754. The van der Waals surface area contributed by atoms with Crippen molar-refractivity contribution in [3.05, 3.63) is 93.8 Å². The molecule has 1 aromatic heterocycles. The summed E-state index contributed by atoms with van der Waals surface area (Å²) < 4.78 is 11.8. The molecule has 3 aromatic rings. The fraction of sp³-hybridized carbons (Fsp3) is 0.321. The molecule has 0 unspecified atom stereocenters. The first-order valence-corrected chi connectivity index (χ1v) is 12.2. The molecule has 1 fully saturated rings. The molecule has 0 N–H and O–H groups in total. The third-order valence-electron chi connectivity index (χ3n) is 6.25. The summed E-state index contributed by atoms with van der Waals surface area (Å²) in [5.41, 5.74) is 3.96. The molecular formula is C28H29ClN4O3. The number of rotatable bonds is 8. The number of hydrogen-bond donors (Lipinski definition) is 0. The van der Waals surface area contributed by atoms with Crippen LogP contribution in [0.15, 0.2) is 60.7 Å². The molecule has 0 aliphatic carbocycles. The van der Waals surface area contributed by atoms with Crippen LogP contribution >= 0.6 is 11.6 Å². The van der Waals surface area contributed by atoms with Crippen molar-refractivity contribution >= 4 is 17.5 Å². The van der Waals surface area contributed by atoms with E-state index in [2.05, 4.69) is 16.0 Å². The number of halogens is 1. The van der Waals surface area contributed by atoms with Crippen LogP contribution < -0.4 is 4.74 Å². The molecule has 4 rings (SSSR count).